The molecule has 1 unspecified atom stereocenters. The second-order valence-corrected chi connectivity index (χ2v) is 3.75. The Hall–Kier alpha value is -1.91. The summed E-state index contributed by atoms with van der Waals surface area (Å²) in [5.41, 5.74) is 1.77. The molecule has 1 atom stereocenters. The molecule has 0 spiro atoms. The maximum absolute atomic E-state index is 11.4. The third kappa shape index (κ3) is 3.86. The maximum atomic E-state index is 11.4. The van der Waals surface area contributed by atoms with Crippen LogP contribution in [0.2, 0.25) is 0 Å². The van der Waals surface area contributed by atoms with Gasteiger partial charge in [-0.2, -0.15) is 0 Å². The Balaban J connectivity index is 2.80. The van der Waals surface area contributed by atoms with Crippen LogP contribution < -0.4 is 0 Å². The van der Waals surface area contributed by atoms with E-state index >= 15 is 0 Å². The Morgan fingerprint density at radius 3 is 2.76 bits per heavy atom. The zero-order valence-corrected chi connectivity index (χ0v) is 9.88. The highest BCUT2D eigenvalue weighted by atomic mass is 16.6. The molecule has 0 aliphatic carbocycles. The second-order valence-electron chi connectivity index (χ2n) is 3.75. The fourth-order valence-electron chi connectivity index (χ4n) is 1.54. The van der Waals surface area contributed by atoms with Gasteiger partial charge in [-0.25, -0.2) is 4.79 Å². The van der Waals surface area contributed by atoms with Crippen LogP contribution >= 0.6 is 0 Å². The van der Waals surface area contributed by atoms with Crippen LogP contribution in [0, 0.1) is 17.0 Å². The average molecular weight is 237 g/mol. The van der Waals surface area contributed by atoms with Gasteiger partial charge in [-0.1, -0.05) is 29.8 Å². The van der Waals surface area contributed by atoms with E-state index in [2.05, 4.69) is 4.74 Å². The lowest BCUT2D eigenvalue weighted by Crippen LogP contribution is -2.33. The molecule has 0 aliphatic heterocycles. The highest BCUT2D eigenvalue weighted by Gasteiger charge is 2.31. The molecule has 0 N–H and O–H groups in total. The lowest BCUT2D eigenvalue weighted by Gasteiger charge is -2.08. The third-order valence-electron chi connectivity index (χ3n) is 2.32. The van der Waals surface area contributed by atoms with Crippen LogP contribution in [-0.4, -0.2) is 23.5 Å². The van der Waals surface area contributed by atoms with Crippen molar-refractivity contribution in [3.63, 3.8) is 0 Å². The Labute approximate surface area is 99.5 Å². The number of nitrogens with zero attached hydrogens (tertiary/aromatic N) is 1. The van der Waals surface area contributed by atoms with E-state index < -0.39 is 16.9 Å². The van der Waals surface area contributed by atoms with Gasteiger partial charge in [0.1, 0.15) is 0 Å². The molecule has 1 aromatic rings. The first kappa shape index (κ1) is 13.2. The van der Waals surface area contributed by atoms with Gasteiger partial charge in [0.15, 0.2) is 0 Å². The van der Waals surface area contributed by atoms with E-state index in [1.165, 1.54) is 0 Å². The van der Waals surface area contributed by atoms with E-state index in [-0.39, 0.29) is 13.0 Å². The largest absolute Gasteiger partial charge is 0.461 e. The van der Waals surface area contributed by atoms with Crippen LogP contribution in [0.25, 0.3) is 0 Å². The van der Waals surface area contributed by atoms with Crippen molar-refractivity contribution in [3.8, 4) is 0 Å². The number of hydrogen-bond donors (Lipinski definition) is 0. The minimum Gasteiger partial charge on any atom is -0.461 e. The minimum absolute atomic E-state index is 0.0630. The maximum Gasteiger partial charge on any atom is 0.382 e. The summed E-state index contributed by atoms with van der Waals surface area (Å²) in [4.78, 5) is 21.6. The molecule has 0 heterocycles. The molecule has 0 aliphatic rings. The van der Waals surface area contributed by atoms with Gasteiger partial charge in [-0.05, 0) is 19.4 Å². The van der Waals surface area contributed by atoms with Crippen LogP contribution in [0.4, 0.5) is 0 Å². The standard InChI is InChI=1S/C12H15NO4/c1-3-17-12(14)11(13(15)16)8-10-6-4-5-9(2)7-10/h4-7,11H,3,8H2,1-2H3. The molecule has 17 heavy (non-hydrogen) atoms. The number of rotatable bonds is 5. The van der Waals surface area contributed by atoms with Crippen LogP contribution in [-0.2, 0) is 16.0 Å². The molecule has 1 rings (SSSR count). The van der Waals surface area contributed by atoms with E-state index in [9.17, 15) is 14.9 Å². The second kappa shape index (κ2) is 5.98. The molecule has 0 amide bonds. The molecule has 0 aromatic heterocycles. The van der Waals surface area contributed by atoms with Gasteiger partial charge in [0.25, 0.3) is 0 Å². The Morgan fingerprint density at radius 2 is 2.24 bits per heavy atom. The Kier molecular flexibility index (Phi) is 4.63. The predicted octanol–water partition coefficient (Wildman–Crippen LogP) is 1.75. The zero-order chi connectivity index (χ0) is 12.8. The summed E-state index contributed by atoms with van der Waals surface area (Å²) in [6, 6.07) is 5.98. The number of hydrogen-bond acceptors (Lipinski definition) is 4. The first-order chi connectivity index (χ1) is 8.04. The summed E-state index contributed by atoms with van der Waals surface area (Å²) >= 11 is 0. The van der Waals surface area contributed by atoms with Gasteiger partial charge in [-0.15, -0.1) is 0 Å². The van der Waals surface area contributed by atoms with Gasteiger partial charge < -0.3 is 4.74 Å². The van der Waals surface area contributed by atoms with E-state index in [4.69, 9.17) is 0 Å². The van der Waals surface area contributed by atoms with Gasteiger partial charge in [0.05, 0.1) is 13.0 Å². The fraction of sp³-hybridized carbons (Fsp3) is 0.417. The highest BCUT2D eigenvalue weighted by Crippen LogP contribution is 2.09. The van der Waals surface area contributed by atoms with Crippen LogP contribution in [0.5, 0.6) is 0 Å². The quantitative estimate of drug-likeness (QED) is 0.444. The summed E-state index contributed by atoms with van der Waals surface area (Å²) in [5, 5.41) is 10.8. The molecular weight excluding hydrogens is 222 g/mol. The summed E-state index contributed by atoms with van der Waals surface area (Å²) in [6.07, 6.45) is 0.0630. The van der Waals surface area contributed by atoms with Crippen molar-refractivity contribution in [2.45, 2.75) is 26.3 Å². The van der Waals surface area contributed by atoms with E-state index in [0.29, 0.717) is 0 Å². The normalized spacial score (nSPS) is 11.9. The van der Waals surface area contributed by atoms with Gasteiger partial charge in [0, 0.05) is 4.92 Å². The molecule has 1 aromatic carbocycles. The molecule has 5 nitrogen and oxygen atoms in total. The number of carbonyl (C=O) groups excluding carboxylic acids is 1. The molecular formula is C12H15NO4. The van der Waals surface area contributed by atoms with Gasteiger partial charge in [-0.3, -0.25) is 10.1 Å². The summed E-state index contributed by atoms with van der Waals surface area (Å²) in [5.74, 6) is -0.779. The monoisotopic (exact) mass is 237 g/mol. The van der Waals surface area contributed by atoms with Crippen molar-refractivity contribution in [3.05, 3.63) is 45.5 Å². The molecule has 0 saturated heterocycles. The summed E-state index contributed by atoms with van der Waals surface area (Å²) in [7, 11) is 0. The zero-order valence-electron chi connectivity index (χ0n) is 9.88. The first-order valence-corrected chi connectivity index (χ1v) is 5.40. The summed E-state index contributed by atoms with van der Waals surface area (Å²) < 4.78 is 4.69. The molecule has 0 fully saturated rings. The van der Waals surface area contributed by atoms with E-state index in [1.807, 2.05) is 25.1 Å². The lowest BCUT2D eigenvalue weighted by molar-refractivity contribution is -0.510. The highest BCUT2D eigenvalue weighted by molar-refractivity contribution is 5.74. The molecule has 0 bridgehead atoms. The Morgan fingerprint density at radius 1 is 1.53 bits per heavy atom. The summed E-state index contributed by atoms with van der Waals surface area (Å²) in [6.45, 7) is 3.67. The Bertz CT molecular complexity index is 417. The number of benzene rings is 1. The number of nitro groups is 1. The van der Waals surface area contributed by atoms with Crippen molar-refractivity contribution in [2.75, 3.05) is 6.61 Å². The number of aryl methyl sites for hydroxylation is 1. The number of ether oxygens (including phenoxy) is 1. The SMILES string of the molecule is CCOC(=O)C(Cc1cccc(C)c1)[N+](=O)[O-]. The van der Waals surface area contributed by atoms with Gasteiger partial charge >= 0.3 is 12.0 Å². The molecule has 92 valence electrons. The molecule has 0 radical (unpaired) electrons. The molecule has 0 saturated carbocycles. The first-order valence-electron chi connectivity index (χ1n) is 5.40. The van der Waals surface area contributed by atoms with Crippen LogP contribution in [0.3, 0.4) is 0 Å². The lowest BCUT2D eigenvalue weighted by atomic mass is 10.0. The van der Waals surface area contributed by atoms with Crippen molar-refractivity contribution in [1.29, 1.82) is 0 Å². The number of carbonyl (C=O) groups is 1. The van der Waals surface area contributed by atoms with Crippen molar-refractivity contribution in [1.82, 2.24) is 0 Å². The number of esters is 1. The average Bonchev–Trinajstić information content (AvgIpc) is 2.26. The van der Waals surface area contributed by atoms with Crippen molar-refractivity contribution < 1.29 is 14.5 Å². The topological polar surface area (TPSA) is 69.4 Å². The van der Waals surface area contributed by atoms with E-state index in [1.54, 1.807) is 13.0 Å². The predicted molar refractivity (Wildman–Crippen MR) is 62.3 cm³/mol. The van der Waals surface area contributed by atoms with Gasteiger partial charge in [0.2, 0.25) is 0 Å². The van der Waals surface area contributed by atoms with Crippen LogP contribution in [0.1, 0.15) is 18.1 Å². The fourth-order valence-corrected chi connectivity index (χ4v) is 1.54. The van der Waals surface area contributed by atoms with E-state index in [0.717, 1.165) is 11.1 Å². The minimum atomic E-state index is -1.32. The van der Waals surface area contributed by atoms with Crippen molar-refractivity contribution in [2.24, 2.45) is 0 Å². The van der Waals surface area contributed by atoms with Crippen molar-refractivity contribution >= 4 is 5.97 Å². The smallest absolute Gasteiger partial charge is 0.382 e. The molecule has 5 heteroatoms. The van der Waals surface area contributed by atoms with Crippen LogP contribution in [0.15, 0.2) is 24.3 Å². The third-order valence-corrected chi connectivity index (χ3v) is 2.32.